The minimum Gasteiger partial charge on any atom is -0.463 e. The summed E-state index contributed by atoms with van der Waals surface area (Å²) < 4.78 is 9.77. The van der Waals surface area contributed by atoms with Gasteiger partial charge in [-0.1, -0.05) is 12.8 Å². The fourth-order valence-electron chi connectivity index (χ4n) is 2.47. The number of furan rings is 1. The molecule has 2 N–H and O–H groups in total. The van der Waals surface area contributed by atoms with Crippen LogP contribution in [0, 0.1) is 0 Å². The van der Waals surface area contributed by atoms with Crippen LogP contribution < -0.4 is 5.32 Å². The molecule has 1 aromatic rings. The first-order valence-corrected chi connectivity index (χ1v) is 6.21. The zero-order valence-electron chi connectivity index (χ0n) is 10.6. The topological polar surface area (TPSA) is 71.7 Å². The molecule has 0 aromatic carbocycles. The van der Waals surface area contributed by atoms with E-state index in [1.165, 1.54) is 13.4 Å². The number of methoxy groups -OCH3 is 1. The van der Waals surface area contributed by atoms with E-state index in [9.17, 15) is 9.90 Å². The first-order chi connectivity index (χ1) is 8.71. The number of aliphatic hydroxyl groups is 1. The van der Waals surface area contributed by atoms with Crippen molar-refractivity contribution in [1.82, 2.24) is 5.32 Å². The minimum atomic E-state index is -0.471. The van der Waals surface area contributed by atoms with Gasteiger partial charge in [0.1, 0.15) is 0 Å². The van der Waals surface area contributed by atoms with Crippen LogP contribution in [0.25, 0.3) is 0 Å². The highest BCUT2D eigenvalue weighted by Gasteiger charge is 2.32. The number of nitrogens with one attached hydrogen (secondary N) is 1. The molecule has 0 atom stereocenters. The van der Waals surface area contributed by atoms with Crippen molar-refractivity contribution in [1.29, 1.82) is 0 Å². The van der Waals surface area contributed by atoms with E-state index < -0.39 is 5.97 Å². The van der Waals surface area contributed by atoms with Crippen LogP contribution >= 0.6 is 0 Å². The average Bonchev–Trinajstić information content (AvgIpc) is 3.05. The molecule has 0 unspecified atom stereocenters. The number of hydrogen-bond donors (Lipinski definition) is 2. The monoisotopic (exact) mass is 253 g/mol. The minimum absolute atomic E-state index is 0.123. The zero-order chi connectivity index (χ0) is 13.0. The van der Waals surface area contributed by atoms with Crippen molar-refractivity contribution in [3.05, 3.63) is 23.7 Å². The van der Waals surface area contributed by atoms with Gasteiger partial charge < -0.3 is 19.6 Å². The van der Waals surface area contributed by atoms with E-state index in [0.29, 0.717) is 6.54 Å². The predicted octanol–water partition coefficient (Wildman–Crippen LogP) is 1.46. The van der Waals surface area contributed by atoms with Crippen molar-refractivity contribution < 1.29 is 19.1 Å². The maximum absolute atomic E-state index is 11.4. The van der Waals surface area contributed by atoms with Gasteiger partial charge >= 0.3 is 5.97 Å². The molecule has 1 aliphatic carbocycles. The molecule has 0 aliphatic heterocycles. The highest BCUT2D eigenvalue weighted by Crippen LogP contribution is 2.29. The SMILES string of the molecule is COC(=O)c1occc1CNC1(CO)CCCC1. The van der Waals surface area contributed by atoms with Gasteiger partial charge in [-0.25, -0.2) is 4.79 Å². The molecule has 1 aliphatic rings. The smallest absolute Gasteiger partial charge is 0.374 e. The number of carbonyl (C=O) groups is 1. The molecule has 100 valence electrons. The maximum atomic E-state index is 11.4. The van der Waals surface area contributed by atoms with Gasteiger partial charge in [-0.2, -0.15) is 0 Å². The van der Waals surface area contributed by atoms with Gasteiger partial charge in [0.15, 0.2) is 0 Å². The van der Waals surface area contributed by atoms with Gasteiger partial charge in [0.05, 0.1) is 20.0 Å². The molecular formula is C13H19NO4. The first kappa shape index (κ1) is 13.1. The molecule has 5 nitrogen and oxygen atoms in total. The summed E-state index contributed by atoms with van der Waals surface area (Å²) in [7, 11) is 1.33. The summed E-state index contributed by atoms with van der Waals surface area (Å²) in [4.78, 5) is 11.4. The Bertz CT molecular complexity index is 407. The third-order valence-corrected chi connectivity index (χ3v) is 3.63. The van der Waals surface area contributed by atoms with E-state index in [0.717, 1.165) is 31.2 Å². The van der Waals surface area contributed by atoms with E-state index >= 15 is 0 Å². The summed E-state index contributed by atoms with van der Waals surface area (Å²) >= 11 is 0. The summed E-state index contributed by atoms with van der Waals surface area (Å²) in [5.74, 6) is -0.239. The second-order valence-corrected chi connectivity index (χ2v) is 4.77. The van der Waals surface area contributed by atoms with Crippen molar-refractivity contribution in [2.45, 2.75) is 37.8 Å². The molecule has 0 amide bonds. The van der Waals surface area contributed by atoms with Crippen LogP contribution in [-0.2, 0) is 11.3 Å². The zero-order valence-corrected chi connectivity index (χ0v) is 10.6. The van der Waals surface area contributed by atoms with Gasteiger partial charge in [0, 0.05) is 17.6 Å². The summed E-state index contributed by atoms with van der Waals surface area (Å²) in [5.41, 5.74) is 0.562. The maximum Gasteiger partial charge on any atom is 0.374 e. The third kappa shape index (κ3) is 2.57. The van der Waals surface area contributed by atoms with Crippen molar-refractivity contribution >= 4 is 5.97 Å². The molecule has 18 heavy (non-hydrogen) atoms. The fourth-order valence-corrected chi connectivity index (χ4v) is 2.47. The molecule has 5 heteroatoms. The standard InChI is InChI=1S/C13H19NO4/c1-17-12(16)11-10(4-7-18-11)8-14-13(9-15)5-2-3-6-13/h4,7,14-15H,2-3,5-6,8-9H2,1H3. The fraction of sp³-hybridized carbons (Fsp3) is 0.615. The second-order valence-electron chi connectivity index (χ2n) is 4.77. The number of aliphatic hydroxyl groups excluding tert-OH is 1. The van der Waals surface area contributed by atoms with Crippen LogP contribution in [0.1, 0.15) is 41.8 Å². The largest absolute Gasteiger partial charge is 0.463 e. The van der Waals surface area contributed by atoms with Crippen LogP contribution in [0.15, 0.2) is 16.7 Å². The van der Waals surface area contributed by atoms with Gasteiger partial charge in [-0.05, 0) is 18.9 Å². The quantitative estimate of drug-likeness (QED) is 0.777. The molecule has 0 bridgehead atoms. The molecule has 1 heterocycles. The van der Waals surface area contributed by atoms with Crippen molar-refractivity contribution in [3.63, 3.8) is 0 Å². The summed E-state index contributed by atoms with van der Waals surface area (Å²) in [6, 6.07) is 1.75. The number of ether oxygens (including phenoxy) is 1. The highest BCUT2D eigenvalue weighted by atomic mass is 16.5. The number of hydrogen-bond acceptors (Lipinski definition) is 5. The van der Waals surface area contributed by atoms with E-state index in [2.05, 4.69) is 10.1 Å². The Labute approximate surface area is 106 Å². The van der Waals surface area contributed by atoms with E-state index in [1.54, 1.807) is 6.07 Å². The Hall–Kier alpha value is -1.33. The lowest BCUT2D eigenvalue weighted by molar-refractivity contribution is 0.0562. The normalized spacial score (nSPS) is 17.9. The molecule has 1 saturated carbocycles. The summed E-state index contributed by atoms with van der Waals surface area (Å²) in [6.45, 7) is 0.625. The highest BCUT2D eigenvalue weighted by molar-refractivity contribution is 5.87. The Morgan fingerprint density at radius 1 is 1.56 bits per heavy atom. The van der Waals surface area contributed by atoms with Gasteiger partial charge in [-0.3, -0.25) is 0 Å². The first-order valence-electron chi connectivity index (χ1n) is 6.21. The van der Waals surface area contributed by atoms with Gasteiger partial charge in [-0.15, -0.1) is 0 Å². The lowest BCUT2D eigenvalue weighted by Gasteiger charge is -2.28. The Morgan fingerprint density at radius 3 is 2.89 bits per heavy atom. The third-order valence-electron chi connectivity index (χ3n) is 3.63. The molecule has 1 aromatic heterocycles. The lowest BCUT2D eigenvalue weighted by Crippen LogP contribution is -2.45. The van der Waals surface area contributed by atoms with Crippen molar-refractivity contribution in [2.24, 2.45) is 0 Å². The van der Waals surface area contributed by atoms with E-state index in [4.69, 9.17) is 4.42 Å². The number of carbonyl (C=O) groups excluding carboxylic acids is 1. The summed E-state index contributed by atoms with van der Waals surface area (Å²) in [5, 5.41) is 12.8. The Balaban J connectivity index is 2.01. The molecular weight excluding hydrogens is 234 g/mol. The van der Waals surface area contributed by atoms with Crippen molar-refractivity contribution in [2.75, 3.05) is 13.7 Å². The number of rotatable bonds is 5. The molecule has 0 radical (unpaired) electrons. The van der Waals surface area contributed by atoms with Crippen molar-refractivity contribution in [3.8, 4) is 0 Å². The molecule has 0 spiro atoms. The molecule has 2 rings (SSSR count). The number of esters is 1. The van der Waals surface area contributed by atoms with E-state index in [-0.39, 0.29) is 17.9 Å². The Morgan fingerprint density at radius 2 is 2.28 bits per heavy atom. The summed E-state index contributed by atoms with van der Waals surface area (Å²) in [6.07, 6.45) is 5.67. The van der Waals surface area contributed by atoms with Crippen LogP contribution in [0.3, 0.4) is 0 Å². The van der Waals surface area contributed by atoms with Gasteiger partial charge in [0.25, 0.3) is 0 Å². The second kappa shape index (κ2) is 5.54. The van der Waals surface area contributed by atoms with Gasteiger partial charge in [0.2, 0.25) is 5.76 Å². The lowest BCUT2D eigenvalue weighted by atomic mass is 9.98. The molecule has 0 saturated heterocycles. The van der Waals surface area contributed by atoms with Crippen LogP contribution in [-0.4, -0.2) is 30.3 Å². The molecule has 1 fully saturated rings. The average molecular weight is 253 g/mol. The van der Waals surface area contributed by atoms with Crippen LogP contribution in [0.2, 0.25) is 0 Å². The van der Waals surface area contributed by atoms with E-state index in [1.807, 2.05) is 0 Å². The van der Waals surface area contributed by atoms with Crippen LogP contribution in [0.5, 0.6) is 0 Å². The predicted molar refractivity (Wildman–Crippen MR) is 65.2 cm³/mol. The van der Waals surface area contributed by atoms with Crippen LogP contribution in [0.4, 0.5) is 0 Å². The Kier molecular flexibility index (Phi) is 4.04.